The van der Waals surface area contributed by atoms with Crippen molar-refractivity contribution >= 4 is 23.4 Å². The molecule has 2 aromatic rings. The third kappa shape index (κ3) is 7.84. The second kappa shape index (κ2) is 12.9. The van der Waals surface area contributed by atoms with Gasteiger partial charge in [0, 0.05) is 17.4 Å². The molecule has 0 saturated heterocycles. The fourth-order valence-corrected chi connectivity index (χ4v) is 3.10. The summed E-state index contributed by atoms with van der Waals surface area (Å²) in [6.45, 7) is 15.8. The van der Waals surface area contributed by atoms with E-state index in [2.05, 4.69) is 37.7 Å². The lowest BCUT2D eigenvalue weighted by Crippen LogP contribution is -2.08. The fourth-order valence-electron chi connectivity index (χ4n) is 3.10. The van der Waals surface area contributed by atoms with E-state index in [0.29, 0.717) is 5.56 Å². The summed E-state index contributed by atoms with van der Waals surface area (Å²) in [5, 5.41) is 3.27. The second-order valence-electron chi connectivity index (χ2n) is 7.53. The van der Waals surface area contributed by atoms with Crippen LogP contribution in [0, 0.1) is 5.92 Å². The first-order valence-electron chi connectivity index (χ1n) is 10.9. The van der Waals surface area contributed by atoms with Crippen LogP contribution < -0.4 is 5.32 Å². The number of rotatable bonds is 6. The molecule has 1 aromatic heterocycles. The van der Waals surface area contributed by atoms with Gasteiger partial charge in [0.25, 0.3) is 0 Å². The first-order chi connectivity index (χ1) is 13.9. The Kier molecular flexibility index (Phi) is 11.0. The Morgan fingerprint density at radius 3 is 2.41 bits per heavy atom. The molecule has 3 rings (SSSR count). The largest absolute Gasteiger partial charge is 0.340 e. The van der Waals surface area contributed by atoms with Crippen molar-refractivity contribution in [2.24, 2.45) is 5.92 Å². The highest BCUT2D eigenvalue weighted by Crippen LogP contribution is 2.28. The quantitative estimate of drug-likeness (QED) is 0.504. The molecule has 0 bridgehead atoms. The van der Waals surface area contributed by atoms with Crippen molar-refractivity contribution < 1.29 is 4.79 Å². The van der Waals surface area contributed by atoms with Crippen LogP contribution in [0.4, 0.5) is 11.5 Å². The third-order valence-corrected chi connectivity index (χ3v) is 5.13. The molecule has 1 heterocycles. The summed E-state index contributed by atoms with van der Waals surface area (Å²) in [5.74, 6) is 2.17. The molecule has 0 unspecified atom stereocenters. The van der Waals surface area contributed by atoms with E-state index in [1.807, 2.05) is 44.2 Å². The Hall–Kier alpha value is -2.42. The molecule has 1 N–H and O–H groups in total. The topological polar surface area (TPSA) is 42.0 Å². The van der Waals surface area contributed by atoms with Crippen LogP contribution in [0.5, 0.6) is 0 Å². The monoisotopic (exact) mass is 394 g/mol. The van der Waals surface area contributed by atoms with Gasteiger partial charge in [-0.2, -0.15) is 0 Å². The Morgan fingerprint density at radius 1 is 1.28 bits per heavy atom. The van der Waals surface area contributed by atoms with Gasteiger partial charge in [0.15, 0.2) is 5.78 Å². The first kappa shape index (κ1) is 24.6. The van der Waals surface area contributed by atoms with Crippen LogP contribution >= 0.6 is 0 Å². The zero-order chi connectivity index (χ0) is 21.8. The first-order valence-corrected chi connectivity index (χ1v) is 10.9. The summed E-state index contributed by atoms with van der Waals surface area (Å²) in [5.41, 5.74) is 3.70. The van der Waals surface area contributed by atoms with Crippen LogP contribution in [-0.4, -0.2) is 10.8 Å². The van der Waals surface area contributed by atoms with Gasteiger partial charge in [-0.3, -0.25) is 4.79 Å². The summed E-state index contributed by atoms with van der Waals surface area (Å²) in [4.78, 5) is 16.0. The van der Waals surface area contributed by atoms with Crippen LogP contribution in [0.1, 0.15) is 94.6 Å². The van der Waals surface area contributed by atoms with Crippen LogP contribution in [0.2, 0.25) is 0 Å². The van der Waals surface area contributed by atoms with E-state index in [0.717, 1.165) is 28.6 Å². The van der Waals surface area contributed by atoms with E-state index in [9.17, 15) is 4.79 Å². The van der Waals surface area contributed by atoms with Gasteiger partial charge in [0.05, 0.1) is 0 Å². The van der Waals surface area contributed by atoms with Crippen LogP contribution in [0.25, 0.3) is 6.08 Å². The second-order valence-corrected chi connectivity index (χ2v) is 7.53. The van der Waals surface area contributed by atoms with Gasteiger partial charge in [-0.05, 0) is 48.1 Å². The Bertz CT molecular complexity index is 773. The van der Waals surface area contributed by atoms with Crippen molar-refractivity contribution in [2.45, 2.75) is 73.1 Å². The average molecular weight is 395 g/mol. The van der Waals surface area contributed by atoms with Crippen molar-refractivity contribution in [1.82, 2.24) is 4.98 Å². The molecule has 3 nitrogen and oxygen atoms in total. The van der Waals surface area contributed by atoms with Gasteiger partial charge in [0.2, 0.25) is 0 Å². The molecule has 0 spiro atoms. The summed E-state index contributed by atoms with van der Waals surface area (Å²) in [7, 11) is 0. The molecule has 1 aliphatic rings. The van der Waals surface area contributed by atoms with Crippen LogP contribution in [0.3, 0.4) is 0 Å². The van der Waals surface area contributed by atoms with Gasteiger partial charge in [-0.1, -0.05) is 85.1 Å². The summed E-state index contributed by atoms with van der Waals surface area (Å²) in [6.07, 6.45) is 9.39. The lowest BCUT2D eigenvalue weighted by molar-refractivity contribution is 0.101. The Balaban J connectivity index is 0.000000442. The molecule has 0 amide bonds. The maximum atomic E-state index is 11.7. The average Bonchev–Trinajstić information content (AvgIpc) is 2.69. The zero-order valence-electron chi connectivity index (χ0n) is 19.1. The number of carbonyl (C=O) groups is 1. The molecule has 0 atom stereocenters. The van der Waals surface area contributed by atoms with Crippen molar-refractivity contribution in [3.05, 3.63) is 59.8 Å². The molecule has 1 saturated carbocycles. The molecular formula is C26H38N2O. The number of nitrogens with one attached hydrogen (secondary N) is 1. The molecule has 0 radical (unpaired) electrons. The van der Waals surface area contributed by atoms with Gasteiger partial charge < -0.3 is 5.32 Å². The molecule has 29 heavy (non-hydrogen) atoms. The molecule has 1 aliphatic carbocycles. The molecule has 1 aromatic carbocycles. The van der Waals surface area contributed by atoms with E-state index in [-0.39, 0.29) is 11.7 Å². The molecule has 3 heteroatoms. The Labute approximate surface area is 177 Å². The van der Waals surface area contributed by atoms with E-state index in [1.54, 1.807) is 19.2 Å². The van der Waals surface area contributed by atoms with E-state index in [1.165, 1.54) is 25.7 Å². The van der Waals surface area contributed by atoms with E-state index < -0.39 is 0 Å². The van der Waals surface area contributed by atoms with Gasteiger partial charge >= 0.3 is 0 Å². The van der Waals surface area contributed by atoms with E-state index >= 15 is 0 Å². The minimum atomic E-state index is 0.0476. The highest BCUT2D eigenvalue weighted by Gasteiger charge is 2.13. The van der Waals surface area contributed by atoms with Crippen molar-refractivity contribution in [3.8, 4) is 0 Å². The number of anilines is 2. The summed E-state index contributed by atoms with van der Waals surface area (Å²) in [6, 6.07) is 9.88. The Morgan fingerprint density at radius 2 is 1.97 bits per heavy atom. The standard InChI is InChI=1S/C18H20N2O.C6H12.C2H6/c1-5-14-7-6-8-15(9-14)20-18-10-16(12(2)3)17(11-19-18)13(4)21;1-2-6-4-3-5-6;1-2/h5-12H,1H2,2-4H3,(H,19,20);6H,2-5H2,1H3;1-2H3. The minimum absolute atomic E-state index is 0.0476. The predicted octanol–water partition coefficient (Wildman–Crippen LogP) is 8.02. The fraction of sp³-hybridized carbons (Fsp3) is 0.462. The number of nitrogens with zero attached hydrogens (tertiary/aromatic N) is 1. The number of benzene rings is 1. The third-order valence-electron chi connectivity index (χ3n) is 5.13. The molecule has 158 valence electrons. The summed E-state index contributed by atoms with van der Waals surface area (Å²) < 4.78 is 0. The van der Waals surface area contributed by atoms with Gasteiger partial charge in [-0.25, -0.2) is 4.98 Å². The zero-order valence-corrected chi connectivity index (χ0v) is 19.1. The van der Waals surface area contributed by atoms with Crippen LogP contribution in [-0.2, 0) is 0 Å². The minimum Gasteiger partial charge on any atom is -0.340 e. The number of ketones is 1. The lowest BCUT2D eigenvalue weighted by Gasteiger charge is -2.22. The maximum absolute atomic E-state index is 11.7. The highest BCUT2D eigenvalue weighted by molar-refractivity contribution is 5.95. The van der Waals surface area contributed by atoms with Gasteiger partial charge in [0.1, 0.15) is 5.82 Å². The molecule has 0 aliphatic heterocycles. The number of carbonyl (C=O) groups excluding carboxylic acids is 1. The number of Topliss-reactive ketones (excluding diaryl/α,β-unsaturated/α-hetero) is 1. The summed E-state index contributed by atoms with van der Waals surface area (Å²) >= 11 is 0. The van der Waals surface area contributed by atoms with Crippen LogP contribution in [0.15, 0.2) is 43.1 Å². The number of pyridine rings is 1. The highest BCUT2D eigenvalue weighted by atomic mass is 16.1. The normalized spacial score (nSPS) is 12.7. The SMILES string of the molecule is C=Cc1cccc(Nc2cc(C(C)C)c(C(C)=O)cn2)c1.CC.CCC1CCC1. The number of hydrogen-bond donors (Lipinski definition) is 1. The molecular weight excluding hydrogens is 356 g/mol. The smallest absolute Gasteiger partial charge is 0.161 e. The van der Waals surface area contributed by atoms with Crippen molar-refractivity contribution in [1.29, 1.82) is 0 Å². The number of aromatic nitrogens is 1. The number of hydrogen-bond acceptors (Lipinski definition) is 3. The van der Waals surface area contributed by atoms with Crippen molar-refractivity contribution in [2.75, 3.05) is 5.32 Å². The van der Waals surface area contributed by atoms with Gasteiger partial charge in [-0.15, -0.1) is 0 Å². The predicted molar refractivity (Wildman–Crippen MR) is 127 cm³/mol. The lowest BCUT2D eigenvalue weighted by atomic mass is 9.84. The van der Waals surface area contributed by atoms with E-state index in [4.69, 9.17) is 0 Å². The maximum Gasteiger partial charge on any atom is 0.161 e. The van der Waals surface area contributed by atoms with Crippen molar-refractivity contribution in [3.63, 3.8) is 0 Å². The molecule has 1 fully saturated rings.